The molecule has 1 saturated heterocycles. The molecule has 0 aliphatic carbocycles. The van der Waals surface area contributed by atoms with Crippen molar-refractivity contribution in [1.29, 1.82) is 0 Å². The Balaban J connectivity index is 0.000000572. The number of carboxylic acids is 1. The Kier molecular flexibility index (Phi) is 11.5. The highest BCUT2D eigenvalue weighted by atomic mass is 32.1. The Morgan fingerprint density at radius 3 is 2.50 bits per heavy atom. The second-order valence-electron chi connectivity index (χ2n) is 8.31. The molecule has 1 aromatic heterocycles. The van der Waals surface area contributed by atoms with Crippen molar-refractivity contribution in [3.8, 4) is 0 Å². The quantitative estimate of drug-likeness (QED) is 0.371. The van der Waals surface area contributed by atoms with Crippen molar-refractivity contribution in [1.82, 2.24) is 20.8 Å². The lowest BCUT2D eigenvalue weighted by Gasteiger charge is -2.25. The minimum absolute atomic E-state index is 0.00688. The summed E-state index contributed by atoms with van der Waals surface area (Å²) < 4.78 is 22.5. The van der Waals surface area contributed by atoms with E-state index in [0.717, 1.165) is 37.2 Å². The summed E-state index contributed by atoms with van der Waals surface area (Å²) in [6.07, 6.45) is 7.74. The Labute approximate surface area is 212 Å². The molecule has 0 saturated carbocycles. The van der Waals surface area contributed by atoms with Gasteiger partial charge in [-0.2, -0.15) is 8.78 Å². The number of carbonyl (C=O) groups excluding carboxylic acids is 2. The third kappa shape index (κ3) is 11.0. The number of rotatable bonds is 9. The molecule has 2 aromatic rings. The molecule has 1 aliphatic rings. The number of alkyl halides is 2. The van der Waals surface area contributed by atoms with Crippen LogP contribution in [0.15, 0.2) is 42.5 Å². The fourth-order valence-electron chi connectivity index (χ4n) is 3.24. The maximum absolute atomic E-state index is 12.6. The van der Waals surface area contributed by atoms with Crippen molar-refractivity contribution in [2.24, 2.45) is 0 Å². The third-order valence-corrected chi connectivity index (χ3v) is 5.91. The largest absolute Gasteiger partial charge is 0.477 e. The number of aromatic nitrogens is 2. The van der Waals surface area contributed by atoms with Gasteiger partial charge in [0.25, 0.3) is 0 Å². The van der Waals surface area contributed by atoms with Gasteiger partial charge in [0.2, 0.25) is 16.9 Å². The van der Waals surface area contributed by atoms with E-state index in [-0.39, 0.29) is 23.9 Å². The molecule has 0 spiro atoms. The summed E-state index contributed by atoms with van der Waals surface area (Å²) in [6, 6.07) is 9.73. The number of benzene rings is 1. The van der Waals surface area contributed by atoms with Crippen LogP contribution in [0.25, 0.3) is 0 Å². The fourth-order valence-corrected chi connectivity index (χ4v) is 3.83. The van der Waals surface area contributed by atoms with E-state index in [0.29, 0.717) is 18.5 Å². The number of aryl methyl sites for hydroxylation is 2. The maximum Gasteiger partial charge on any atom is 0.374 e. The first-order chi connectivity index (χ1) is 17.0. The zero-order chi connectivity index (χ0) is 26.6. The molecule has 2 atom stereocenters. The zero-order valence-electron chi connectivity index (χ0n) is 20.2. The number of nitrogens with zero attached hydrogens (tertiary/aromatic N) is 2. The van der Waals surface area contributed by atoms with Gasteiger partial charge in [0.15, 0.2) is 0 Å². The minimum atomic E-state index is -3.58. The van der Waals surface area contributed by atoms with Crippen LogP contribution in [-0.2, 0) is 20.8 Å². The first kappa shape index (κ1) is 29.0. The number of carbonyl (C=O) groups is 3. The van der Waals surface area contributed by atoms with Crippen molar-refractivity contribution in [2.45, 2.75) is 64.0 Å². The van der Waals surface area contributed by atoms with Crippen LogP contribution < -0.4 is 16.0 Å². The molecule has 36 heavy (non-hydrogen) atoms. The summed E-state index contributed by atoms with van der Waals surface area (Å²) in [6.45, 7) is 3.03. The molecule has 0 bridgehead atoms. The lowest BCUT2D eigenvalue weighted by Crippen LogP contribution is -2.49. The SMILES string of the molecule is CC(F)(F)C(=O)O.Cc1nnc(NC(=O)/C=C/[C@H](CCc2ccccc2)NC(=O)[C@@H]2CCCCN2)s1. The Morgan fingerprint density at radius 2 is 1.94 bits per heavy atom. The molecule has 0 unspecified atom stereocenters. The van der Waals surface area contributed by atoms with E-state index in [1.165, 1.54) is 23.0 Å². The van der Waals surface area contributed by atoms with Crippen molar-refractivity contribution in [3.63, 3.8) is 0 Å². The van der Waals surface area contributed by atoms with Gasteiger partial charge in [-0.25, -0.2) is 4.79 Å². The van der Waals surface area contributed by atoms with Crippen LogP contribution in [0.5, 0.6) is 0 Å². The second kappa shape index (κ2) is 14.3. The number of carboxylic acid groups (broad SMARTS) is 1. The van der Waals surface area contributed by atoms with Gasteiger partial charge in [0.05, 0.1) is 6.04 Å². The molecule has 0 radical (unpaired) electrons. The first-order valence-corrected chi connectivity index (χ1v) is 12.3. The maximum atomic E-state index is 12.6. The summed E-state index contributed by atoms with van der Waals surface area (Å²) in [4.78, 5) is 34.1. The molecule has 1 fully saturated rings. The van der Waals surface area contributed by atoms with E-state index >= 15 is 0 Å². The summed E-state index contributed by atoms with van der Waals surface area (Å²) in [7, 11) is 0. The van der Waals surface area contributed by atoms with Gasteiger partial charge in [0.1, 0.15) is 5.01 Å². The van der Waals surface area contributed by atoms with Gasteiger partial charge in [-0.05, 0) is 44.7 Å². The topological polar surface area (TPSA) is 133 Å². The van der Waals surface area contributed by atoms with Crippen molar-refractivity contribution in [2.75, 3.05) is 11.9 Å². The van der Waals surface area contributed by atoms with Gasteiger partial charge in [-0.1, -0.05) is 54.2 Å². The van der Waals surface area contributed by atoms with Crippen LogP contribution in [0.4, 0.5) is 13.9 Å². The normalized spacial score (nSPS) is 16.5. The van der Waals surface area contributed by atoms with Crippen molar-refractivity contribution < 1.29 is 28.3 Å². The number of halogens is 2. The highest BCUT2D eigenvalue weighted by Gasteiger charge is 2.31. The standard InChI is InChI=1S/C21H27N5O2S.C3H4F2O2/c1-15-25-26-21(29-15)24-19(27)13-12-17(11-10-16-7-3-2-4-8-16)23-20(28)18-9-5-6-14-22-18;1-3(4,5)2(6)7/h2-4,7-8,12-13,17-18,22H,5-6,9-11,14H2,1H3,(H,23,28)(H,24,26,27);1H3,(H,6,7)/b13-12+;/t17-,18-;/m0./s1. The third-order valence-electron chi connectivity index (χ3n) is 5.15. The number of anilines is 1. The van der Waals surface area contributed by atoms with Crippen LogP contribution in [0.1, 0.15) is 43.2 Å². The predicted molar refractivity (Wildman–Crippen MR) is 133 cm³/mol. The van der Waals surface area contributed by atoms with Crippen LogP contribution >= 0.6 is 11.3 Å². The smallest absolute Gasteiger partial charge is 0.374 e. The van der Waals surface area contributed by atoms with Gasteiger partial charge >= 0.3 is 11.9 Å². The summed E-state index contributed by atoms with van der Waals surface area (Å²) in [5.41, 5.74) is 1.20. The number of piperidine rings is 1. The Hall–Kier alpha value is -3.25. The molecule has 2 heterocycles. The highest BCUT2D eigenvalue weighted by molar-refractivity contribution is 7.15. The summed E-state index contributed by atoms with van der Waals surface area (Å²) in [5.74, 6) is -5.96. The Morgan fingerprint density at radius 1 is 1.25 bits per heavy atom. The van der Waals surface area contributed by atoms with E-state index in [4.69, 9.17) is 5.11 Å². The van der Waals surface area contributed by atoms with Gasteiger partial charge < -0.3 is 15.7 Å². The van der Waals surface area contributed by atoms with Gasteiger partial charge in [0, 0.05) is 19.0 Å². The molecular formula is C24H31F2N5O4S. The van der Waals surface area contributed by atoms with Crippen LogP contribution in [-0.4, -0.2) is 57.6 Å². The average molecular weight is 524 g/mol. The van der Waals surface area contributed by atoms with E-state index in [9.17, 15) is 23.2 Å². The molecule has 1 aromatic carbocycles. The van der Waals surface area contributed by atoms with Crippen LogP contribution in [0.3, 0.4) is 0 Å². The van der Waals surface area contributed by atoms with Gasteiger partial charge in [-0.3, -0.25) is 14.9 Å². The molecule has 196 valence electrons. The molecule has 12 heteroatoms. The number of aliphatic carboxylic acids is 1. The van der Waals surface area contributed by atoms with Crippen LogP contribution in [0.2, 0.25) is 0 Å². The van der Waals surface area contributed by atoms with Crippen molar-refractivity contribution in [3.05, 3.63) is 53.1 Å². The lowest BCUT2D eigenvalue weighted by atomic mass is 10.0. The highest BCUT2D eigenvalue weighted by Crippen LogP contribution is 2.14. The van der Waals surface area contributed by atoms with E-state index < -0.39 is 11.9 Å². The number of amides is 2. The number of hydrogen-bond acceptors (Lipinski definition) is 7. The predicted octanol–water partition coefficient (Wildman–Crippen LogP) is 3.33. The molecule has 9 nitrogen and oxygen atoms in total. The monoisotopic (exact) mass is 523 g/mol. The molecule has 4 N–H and O–H groups in total. The molecular weight excluding hydrogens is 492 g/mol. The van der Waals surface area contributed by atoms with E-state index in [1.807, 2.05) is 25.1 Å². The second-order valence-corrected chi connectivity index (χ2v) is 9.49. The average Bonchev–Trinajstić information content (AvgIpc) is 3.26. The lowest BCUT2D eigenvalue weighted by molar-refractivity contribution is -0.161. The first-order valence-electron chi connectivity index (χ1n) is 11.5. The molecule has 3 rings (SSSR count). The van der Waals surface area contributed by atoms with E-state index in [1.54, 1.807) is 6.08 Å². The van der Waals surface area contributed by atoms with Gasteiger partial charge in [-0.15, -0.1) is 10.2 Å². The zero-order valence-corrected chi connectivity index (χ0v) is 21.0. The van der Waals surface area contributed by atoms with Crippen LogP contribution in [0, 0.1) is 6.92 Å². The summed E-state index contributed by atoms with van der Waals surface area (Å²) in [5, 5.41) is 25.6. The number of hydrogen-bond donors (Lipinski definition) is 4. The molecule has 1 aliphatic heterocycles. The Bertz CT molecular complexity index is 1020. The minimum Gasteiger partial charge on any atom is -0.477 e. The van der Waals surface area contributed by atoms with Crippen molar-refractivity contribution >= 4 is 34.3 Å². The fraction of sp³-hybridized carbons (Fsp3) is 0.458. The number of nitrogens with one attached hydrogen (secondary N) is 3. The van der Waals surface area contributed by atoms with E-state index in [2.05, 4.69) is 38.3 Å². The summed E-state index contributed by atoms with van der Waals surface area (Å²) >= 11 is 1.32. The molecule has 2 amide bonds.